The Bertz CT molecular complexity index is 1150. The van der Waals surface area contributed by atoms with Crippen LogP contribution in [0, 0.1) is 13.8 Å². The maximum atomic E-state index is 13.8. The number of aryl methyl sites for hydroxylation is 2. The quantitative estimate of drug-likeness (QED) is 0.408. The Morgan fingerprint density at radius 2 is 1.81 bits per heavy atom. The lowest BCUT2D eigenvalue weighted by Crippen LogP contribution is -2.52. The number of amides is 2. The Labute approximate surface area is 215 Å². The Hall–Kier alpha value is -3.07. The molecule has 0 unspecified atom stereocenters. The van der Waals surface area contributed by atoms with Crippen LogP contribution in [0.2, 0.25) is 0 Å². The van der Waals surface area contributed by atoms with Crippen molar-refractivity contribution in [2.24, 2.45) is 0 Å². The molecule has 2 amide bonds. The summed E-state index contributed by atoms with van der Waals surface area (Å²) in [5.41, 5.74) is 2.85. The molecule has 0 heterocycles. The molecule has 1 N–H and O–H groups in total. The number of rotatable bonds is 13. The van der Waals surface area contributed by atoms with Gasteiger partial charge in [-0.1, -0.05) is 44.5 Å². The van der Waals surface area contributed by atoms with Crippen LogP contribution in [0.4, 0.5) is 5.69 Å². The number of methoxy groups -OCH3 is 1. The standard InChI is InChI=1S/C27H39N3O5S/c1-7-9-15-28-27(32)24(8-2)29(18-22-11-10-12-23(17-22)35-5)26(31)19-30(36(6,33)34)25-16-20(3)13-14-21(25)4/h10-14,16-17,24H,7-9,15,18-19H2,1-6H3,(H,28,32)/t24-/m0/s1. The van der Waals surface area contributed by atoms with Crippen LogP contribution in [0.3, 0.4) is 0 Å². The number of hydrogen-bond donors (Lipinski definition) is 1. The van der Waals surface area contributed by atoms with Crippen molar-refractivity contribution in [1.82, 2.24) is 10.2 Å². The molecule has 2 aromatic carbocycles. The van der Waals surface area contributed by atoms with E-state index in [1.165, 1.54) is 4.90 Å². The van der Waals surface area contributed by atoms with Gasteiger partial charge in [0.05, 0.1) is 19.1 Å². The van der Waals surface area contributed by atoms with Gasteiger partial charge in [0.15, 0.2) is 0 Å². The van der Waals surface area contributed by atoms with Crippen molar-refractivity contribution in [2.45, 2.75) is 59.5 Å². The molecule has 36 heavy (non-hydrogen) atoms. The van der Waals surface area contributed by atoms with E-state index in [1.54, 1.807) is 25.3 Å². The van der Waals surface area contributed by atoms with Crippen molar-refractivity contribution in [1.29, 1.82) is 0 Å². The summed E-state index contributed by atoms with van der Waals surface area (Å²) < 4.78 is 32.0. The van der Waals surface area contributed by atoms with Gasteiger partial charge in [0, 0.05) is 13.1 Å². The van der Waals surface area contributed by atoms with E-state index in [0.29, 0.717) is 24.4 Å². The second-order valence-corrected chi connectivity index (χ2v) is 10.9. The molecular weight excluding hydrogens is 478 g/mol. The maximum absolute atomic E-state index is 13.8. The van der Waals surface area contributed by atoms with E-state index in [9.17, 15) is 18.0 Å². The topological polar surface area (TPSA) is 96.0 Å². The van der Waals surface area contributed by atoms with Crippen molar-refractivity contribution in [2.75, 3.05) is 30.8 Å². The van der Waals surface area contributed by atoms with E-state index < -0.39 is 28.5 Å². The van der Waals surface area contributed by atoms with Crippen LogP contribution in [0.5, 0.6) is 5.75 Å². The van der Waals surface area contributed by atoms with Crippen LogP contribution in [-0.4, -0.2) is 57.6 Å². The fraction of sp³-hybridized carbons (Fsp3) is 0.481. The minimum atomic E-state index is -3.77. The molecule has 0 aliphatic heterocycles. The first kappa shape index (κ1) is 29.2. The third-order valence-electron chi connectivity index (χ3n) is 6.02. The zero-order chi connectivity index (χ0) is 26.9. The van der Waals surface area contributed by atoms with Gasteiger partial charge in [-0.2, -0.15) is 0 Å². The van der Waals surface area contributed by atoms with E-state index in [2.05, 4.69) is 5.32 Å². The summed E-state index contributed by atoms with van der Waals surface area (Å²) in [6.45, 7) is 7.80. The molecule has 0 aromatic heterocycles. The number of carbonyl (C=O) groups excluding carboxylic acids is 2. The highest BCUT2D eigenvalue weighted by atomic mass is 32.2. The fourth-order valence-electron chi connectivity index (χ4n) is 3.98. The van der Waals surface area contributed by atoms with Crippen LogP contribution < -0.4 is 14.4 Å². The second-order valence-electron chi connectivity index (χ2n) is 9.00. The number of carbonyl (C=O) groups is 2. The number of anilines is 1. The molecule has 0 saturated carbocycles. The summed E-state index contributed by atoms with van der Waals surface area (Å²) >= 11 is 0. The highest BCUT2D eigenvalue weighted by molar-refractivity contribution is 7.92. The lowest BCUT2D eigenvalue weighted by atomic mass is 10.1. The third-order valence-corrected chi connectivity index (χ3v) is 7.14. The van der Waals surface area contributed by atoms with Gasteiger partial charge in [-0.05, 0) is 61.6 Å². The van der Waals surface area contributed by atoms with Crippen LogP contribution in [0.1, 0.15) is 49.8 Å². The Morgan fingerprint density at radius 1 is 1.08 bits per heavy atom. The monoisotopic (exact) mass is 517 g/mol. The number of nitrogens with one attached hydrogen (secondary N) is 1. The minimum absolute atomic E-state index is 0.139. The normalized spacial score (nSPS) is 12.1. The molecule has 8 nitrogen and oxygen atoms in total. The second kappa shape index (κ2) is 13.3. The van der Waals surface area contributed by atoms with Gasteiger partial charge in [0.1, 0.15) is 18.3 Å². The number of sulfonamides is 1. The van der Waals surface area contributed by atoms with Crippen LogP contribution in [0.15, 0.2) is 42.5 Å². The van der Waals surface area contributed by atoms with E-state index in [0.717, 1.165) is 40.1 Å². The van der Waals surface area contributed by atoms with Crippen LogP contribution >= 0.6 is 0 Å². The first-order valence-electron chi connectivity index (χ1n) is 12.3. The molecule has 198 valence electrons. The summed E-state index contributed by atoms with van der Waals surface area (Å²) in [4.78, 5) is 28.3. The highest BCUT2D eigenvalue weighted by Crippen LogP contribution is 2.25. The summed E-state index contributed by atoms with van der Waals surface area (Å²) in [6, 6.07) is 12.0. The van der Waals surface area contributed by atoms with Crippen molar-refractivity contribution < 1.29 is 22.7 Å². The summed E-state index contributed by atoms with van der Waals surface area (Å²) in [5.74, 6) is -0.0741. The number of hydrogen-bond acceptors (Lipinski definition) is 5. The first-order chi connectivity index (χ1) is 17.0. The molecule has 0 aliphatic rings. The van der Waals surface area contributed by atoms with Crippen LogP contribution in [0.25, 0.3) is 0 Å². The number of unbranched alkanes of at least 4 members (excludes halogenated alkanes) is 1. The van der Waals surface area contributed by atoms with Crippen LogP contribution in [-0.2, 0) is 26.2 Å². The van der Waals surface area contributed by atoms with Gasteiger partial charge in [0.25, 0.3) is 0 Å². The summed E-state index contributed by atoms with van der Waals surface area (Å²) in [6.07, 6.45) is 3.24. The fourth-order valence-corrected chi connectivity index (χ4v) is 4.88. The van der Waals surface area contributed by atoms with E-state index >= 15 is 0 Å². The summed E-state index contributed by atoms with van der Waals surface area (Å²) in [5, 5.41) is 2.92. The van der Waals surface area contributed by atoms with Gasteiger partial charge in [-0.25, -0.2) is 8.42 Å². The predicted molar refractivity (Wildman–Crippen MR) is 144 cm³/mol. The van der Waals surface area contributed by atoms with Gasteiger partial charge >= 0.3 is 0 Å². The maximum Gasteiger partial charge on any atom is 0.244 e. The minimum Gasteiger partial charge on any atom is -0.497 e. The first-order valence-corrected chi connectivity index (χ1v) is 14.1. The largest absolute Gasteiger partial charge is 0.497 e. The molecule has 0 aliphatic carbocycles. The van der Waals surface area contributed by atoms with E-state index in [4.69, 9.17) is 4.74 Å². The van der Waals surface area contributed by atoms with Gasteiger partial charge in [-0.15, -0.1) is 0 Å². The van der Waals surface area contributed by atoms with E-state index in [1.807, 2.05) is 52.0 Å². The average Bonchev–Trinajstić information content (AvgIpc) is 2.83. The lowest BCUT2D eigenvalue weighted by Gasteiger charge is -2.33. The molecule has 0 saturated heterocycles. The molecular formula is C27H39N3O5S. The Morgan fingerprint density at radius 3 is 2.42 bits per heavy atom. The molecule has 0 spiro atoms. The average molecular weight is 518 g/mol. The zero-order valence-corrected chi connectivity index (χ0v) is 23.0. The Kier molecular flexibility index (Phi) is 10.8. The number of benzene rings is 2. The third kappa shape index (κ3) is 7.98. The van der Waals surface area contributed by atoms with Gasteiger partial charge in [-0.3, -0.25) is 13.9 Å². The molecule has 2 rings (SSSR count). The Balaban J connectivity index is 2.46. The molecule has 2 aromatic rings. The number of ether oxygens (including phenoxy) is 1. The van der Waals surface area contributed by atoms with Crippen molar-refractivity contribution >= 4 is 27.5 Å². The zero-order valence-electron chi connectivity index (χ0n) is 22.2. The van der Waals surface area contributed by atoms with Gasteiger partial charge in [0.2, 0.25) is 21.8 Å². The van der Waals surface area contributed by atoms with Gasteiger partial charge < -0.3 is 15.0 Å². The molecule has 0 fully saturated rings. The van der Waals surface area contributed by atoms with E-state index in [-0.39, 0.29) is 12.5 Å². The smallest absolute Gasteiger partial charge is 0.244 e. The lowest BCUT2D eigenvalue weighted by molar-refractivity contribution is -0.140. The highest BCUT2D eigenvalue weighted by Gasteiger charge is 2.32. The SMILES string of the molecule is CCCCNC(=O)[C@H](CC)N(Cc1cccc(OC)c1)C(=O)CN(c1cc(C)ccc1C)S(C)(=O)=O. The molecule has 9 heteroatoms. The van der Waals surface area contributed by atoms with Crippen molar-refractivity contribution in [3.63, 3.8) is 0 Å². The number of nitrogens with zero attached hydrogens (tertiary/aromatic N) is 2. The molecule has 1 atom stereocenters. The molecule has 0 radical (unpaired) electrons. The van der Waals surface area contributed by atoms with Crippen molar-refractivity contribution in [3.05, 3.63) is 59.2 Å². The summed E-state index contributed by atoms with van der Waals surface area (Å²) in [7, 11) is -2.21. The molecule has 0 bridgehead atoms. The predicted octanol–water partition coefficient (Wildman–Crippen LogP) is 3.80. The van der Waals surface area contributed by atoms with Crippen molar-refractivity contribution in [3.8, 4) is 5.75 Å².